The molecule has 1 aliphatic heterocycles. The molecule has 0 spiro atoms. The first-order chi connectivity index (χ1) is 22.6. The Labute approximate surface area is 270 Å². The van der Waals surface area contributed by atoms with Crippen LogP contribution >= 0.6 is 0 Å². The molecule has 1 aliphatic rings. The van der Waals surface area contributed by atoms with Crippen LogP contribution in [0.25, 0.3) is 11.1 Å². The fraction of sp³-hybridized carbons (Fsp3) is 0.312. The summed E-state index contributed by atoms with van der Waals surface area (Å²) in [6.07, 6.45) is 0.807. The topological polar surface area (TPSA) is 182 Å². The number of carbonyl (C=O) groups excluding carboxylic acids is 3. The van der Waals surface area contributed by atoms with Crippen molar-refractivity contribution in [2.75, 3.05) is 38.6 Å². The van der Waals surface area contributed by atoms with Crippen molar-refractivity contribution in [3.8, 4) is 0 Å². The molecule has 4 aromatic rings. The van der Waals surface area contributed by atoms with Gasteiger partial charge in [-0.05, 0) is 30.5 Å². The number of oxazole rings is 1. The SMILES string of the molecule is O=C(N[C@@H](CS(=O)(=O)Cc1ccccc1[N+](=O)[O-])C(=O)N(CCCc1ccccc1)C(=O)c1nc2ccccc2o1)N1CCOCC1. The molecule has 15 heteroatoms. The highest BCUT2D eigenvalue weighted by molar-refractivity contribution is 7.90. The Morgan fingerprint density at radius 3 is 2.38 bits per heavy atom. The van der Waals surface area contributed by atoms with Gasteiger partial charge in [-0.25, -0.2) is 18.2 Å². The minimum atomic E-state index is -4.28. The van der Waals surface area contributed by atoms with Gasteiger partial charge < -0.3 is 19.4 Å². The summed E-state index contributed by atoms with van der Waals surface area (Å²) in [5.74, 6) is -3.96. The van der Waals surface area contributed by atoms with Crippen molar-refractivity contribution in [3.63, 3.8) is 0 Å². The number of nitrogens with zero attached hydrogens (tertiary/aromatic N) is 4. The fourth-order valence-electron chi connectivity index (χ4n) is 5.21. The van der Waals surface area contributed by atoms with Crippen LogP contribution in [0.15, 0.2) is 83.3 Å². The summed E-state index contributed by atoms with van der Waals surface area (Å²) in [5.41, 5.74) is 1.18. The first kappa shape index (κ1) is 33.2. The third kappa shape index (κ3) is 8.56. The molecular formula is C32H33N5O9S. The van der Waals surface area contributed by atoms with Gasteiger partial charge in [0.15, 0.2) is 15.4 Å². The zero-order valence-corrected chi connectivity index (χ0v) is 26.1. The van der Waals surface area contributed by atoms with Crippen LogP contribution in [0.1, 0.15) is 28.2 Å². The van der Waals surface area contributed by atoms with E-state index < -0.39 is 55.8 Å². The summed E-state index contributed by atoms with van der Waals surface area (Å²) in [6, 6.07) is 19.0. The van der Waals surface area contributed by atoms with Crippen LogP contribution in [0, 0.1) is 10.1 Å². The lowest BCUT2D eigenvalue weighted by Gasteiger charge is -2.30. The predicted octanol–water partition coefficient (Wildman–Crippen LogP) is 3.36. The number of nitrogens with one attached hydrogen (secondary N) is 1. The van der Waals surface area contributed by atoms with Crippen molar-refractivity contribution in [1.82, 2.24) is 20.1 Å². The number of benzene rings is 3. The van der Waals surface area contributed by atoms with E-state index >= 15 is 0 Å². The van der Waals surface area contributed by atoms with Gasteiger partial charge in [-0.3, -0.25) is 24.6 Å². The van der Waals surface area contributed by atoms with Gasteiger partial charge in [-0.1, -0.05) is 60.7 Å². The number of sulfone groups is 1. The number of rotatable bonds is 12. The van der Waals surface area contributed by atoms with E-state index in [1.54, 1.807) is 24.3 Å². The van der Waals surface area contributed by atoms with Gasteiger partial charge >= 0.3 is 11.9 Å². The largest absolute Gasteiger partial charge is 0.432 e. The van der Waals surface area contributed by atoms with Gasteiger partial charge in [0.1, 0.15) is 11.6 Å². The molecule has 1 aromatic heterocycles. The Hall–Kier alpha value is -5.15. The molecule has 246 valence electrons. The summed E-state index contributed by atoms with van der Waals surface area (Å²) < 4.78 is 38.0. The Morgan fingerprint density at radius 2 is 1.66 bits per heavy atom. The van der Waals surface area contributed by atoms with Crippen LogP contribution in [-0.4, -0.2) is 90.6 Å². The fourth-order valence-corrected chi connectivity index (χ4v) is 6.78. The van der Waals surface area contributed by atoms with Crippen molar-refractivity contribution >= 4 is 44.5 Å². The molecular weight excluding hydrogens is 630 g/mol. The molecule has 0 bridgehead atoms. The maximum Gasteiger partial charge on any atom is 0.318 e. The van der Waals surface area contributed by atoms with Gasteiger partial charge in [-0.2, -0.15) is 0 Å². The number of aromatic nitrogens is 1. The summed E-state index contributed by atoms with van der Waals surface area (Å²) in [7, 11) is -4.28. The Kier molecular flexibility index (Phi) is 10.6. The first-order valence-corrected chi connectivity index (χ1v) is 16.7. The van der Waals surface area contributed by atoms with E-state index in [-0.39, 0.29) is 44.3 Å². The number of amides is 4. The normalized spacial score (nSPS) is 14.0. The summed E-state index contributed by atoms with van der Waals surface area (Å²) in [4.78, 5) is 58.7. The molecule has 1 atom stereocenters. The second-order valence-electron chi connectivity index (χ2n) is 10.9. The molecule has 1 saturated heterocycles. The average molecular weight is 664 g/mol. The molecule has 1 N–H and O–H groups in total. The molecule has 3 aromatic carbocycles. The smallest absolute Gasteiger partial charge is 0.318 e. The van der Waals surface area contributed by atoms with Crippen LogP contribution < -0.4 is 5.32 Å². The Morgan fingerprint density at radius 1 is 0.979 bits per heavy atom. The second kappa shape index (κ2) is 15.0. The maximum atomic E-state index is 14.2. The van der Waals surface area contributed by atoms with E-state index in [2.05, 4.69) is 10.3 Å². The lowest BCUT2D eigenvalue weighted by atomic mass is 10.1. The van der Waals surface area contributed by atoms with Crippen LogP contribution in [0.4, 0.5) is 10.5 Å². The van der Waals surface area contributed by atoms with Crippen LogP contribution in [-0.2, 0) is 31.5 Å². The highest BCUT2D eigenvalue weighted by Gasteiger charge is 2.37. The molecule has 0 saturated carbocycles. The van der Waals surface area contributed by atoms with Gasteiger partial charge in [0, 0.05) is 31.3 Å². The van der Waals surface area contributed by atoms with Crippen LogP contribution in [0.3, 0.4) is 0 Å². The molecule has 4 amide bonds. The number of aryl methyl sites for hydroxylation is 1. The molecule has 0 radical (unpaired) electrons. The zero-order chi connectivity index (χ0) is 33.4. The van der Waals surface area contributed by atoms with E-state index in [1.165, 1.54) is 29.2 Å². The standard InChI is InChI=1S/C32H33N5O9S/c38-30(36(16-8-11-23-9-2-1-3-10-23)31(39)29-33-25-13-5-7-15-28(25)46-29)26(34-32(40)35-17-19-45-20-18-35)22-47(43,44)21-24-12-4-6-14-27(24)37(41)42/h1-7,9-10,12-15,26H,8,11,16-22H2,(H,34,40)/t26-/m0/s1. The molecule has 0 aliphatic carbocycles. The minimum Gasteiger partial charge on any atom is -0.432 e. The molecule has 1 fully saturated rings. The number of morpholine rings is 1. The number of imide groups is 1. The quantitative estimate of drug-likeness (QED) is 0.174. The van der Waals surface area contributed by atoms with E-state index in [0.29, 0.717) is 23.9 Å². The van der Waals surface area contributed by atoms with Crippen molar-refractivity contribution in [2.24, 2.45) is 0 Å². The van der Waals surface area contributed by atoms with Crippen LogP contribution in [0.5, 0.6) is 0 Å². The highest BCUT2D eigenvalue weighted by atomic mass is 32.2. The number of hydrogen-bond donors (Lipinski definition) is 1. The monoisotopic (exact) mass is 663 g/mol. The predicted molar refractivity (Wildman–Crippen MR) is 170 cm³/mol. The number of urea groups is 1. The highest BCUT2D eigenvalue weighted by Crippen LogP contribution is 2.22. The van der Waals surface area contributed by atoms with Crippen molar-refractivity contribution in [1.29, 1.82) is 0 Å². The molecule has 14 nitrogen and oxygen atoms in total. The van der Waals surface area contributed by atoms with E-state index in [0.717, 1.165) is 10.5 Å². The van der Waals surface area contributed by atoms with Crippen LogP contribution in [0.2, 0.25) is 0 Å². The maximum absolute atomic E-state index is 14.2. The minimum absolute atomic E-state index is 0.0783. The van der Waals surface area contributed by atoms with Gasteiger partial charge in [0.2, 0.25) is 0 Å². The van der Waals surface area contributed by atoms with Gasteiger partial charge in [0.05, 0.1) is 29.6 Å². The molecule has 2 heterocycles. The molecule has 47 heavy (non-hydrogen) atoms. The molecule has 0 unspecified atom stereocenters. The third-order valence-electron chi connectivity index (χ3n) is 7.56. The third-order valence-corrected chi connectivity index (χ3v) is 9.15. The Bertz CT molecular complexity index is 1820. The van der Waals surface area contributed by atoms with Crippen molar-refractivity contribution in [2.45, 2.75) is 24.6 Å². The van der Waals surface area contributed by atoms with Crippen molar-refractivity contribution in [3.05, 3.63) is 106 Å². The second-order valence-corrected chi connectivity index (χ2v) is 13.0. The summed E-state index contributed by atoms with van der Waals surface area (Å²) >= 11 is 0. The van der Waals surface area contributed by atoms with Gasteiger partial charge in [-0.15, -0.1) is 0 Å². The molecule has 5 rings (SSSR count). The summed E-state index contributed by atoms with van der Waals surface area (Å²) in [5, 5.41) is 14.1. The number of hydrogen-bond acceptors (Lipinski definition) is 10. The van der Waals surface area contributed by atoms with E-state index in [4.69, 9.17) is 9.15 Å². The number of para-hydroxylation sites is 3. The zero-order valence-electron chi connectivity index (χ0n) is 25.3. The number of fused-ring (bicyclic) bond motifs is 1. The number of carbonyl (C=O) groups is 3. The Balaban J connectivity index is 1.45. The van der Waals surface area contributed by atoms with Crippen molar-refractivity contribution < 1.29 is 36.9 Å². The van der Waals surface area contributed by atoms with E-state index in [9.17, 15) is 32.9 Å². The number of ether oxygens (including phenoxy) is 1. The lowest BCUT2D eigenvalue weighted by Crippen LogP contribution is -2.57. The number of nitro benzene ring substituents is 1. The van der Waals surface area contributed by atoms with Gasteiger partial charge in [0.25, 0.3) is 17.5 Å². The first-order valence-electron chi connectivity index (χ1n) is 14.9. The lowest BCUT2D eigenvalue weighted by molar-refractivity contribution is -0.385. The average Bonchev–Trinajstić information content (AvgIpc) is 3.51. The summed E-state index contributed by atoms with van der Waals surface area (Å²) in [6.45, 7) is 0.781. The van der Waals surface area contributed by atoms with E-state index in [1.807, 2.05) is 30.3 Å². The number of nitro groups is 1.